The molecule has 0 radical (unpaired) electrons. The number of nitrogens with zero attached hydrogens (tertiary/aromatic N) is 3. The third kappa shape index (κ3) is 1.63. The molecule has 15 heavy (non-hydrogen) atoms. The van der Waals surface area contributed by atoms with Crippen LogP contribution in [-0.4, -0.2) is 14.8 Å². The van der Waals surface area contributed by atoms with Gasteiger partial charge in [-0.1, -0.05) is 13.8 Å². The summed E-state index contributed by atoms with van der Waals surface area (Å²) in [7, 11) is 1.62. The van der Waals surface area contributed by atoms with Gasteiger partial charge in [-0.2, -0.15) is 5.10 Å². The Kier molecular flexibility index (Phi) is 2.26. The molecule has 0 saturated heterocycles. The first kappa shape index (κ1) is 9.83. The van der Waals surface area contributed by atoms with E-state index in [2.05, 4.69) is 23.9 Å². The Hall–Kier alpha value is -1.71. The Labute approximate surface area is 87.6 Å². The predicted molar refractivity (Wildman–Crippen MR) is 58.9 cm³/mol. The lowest BCUT2D eigenvalue weighted by molar-refractivity contribution is 0.715. The van der Waals surface area contributed by atoms with Gasteiger partial charge in [0.2, 0.25) is 0 Å². The minimum absolute atomic E-state index is 0.150. The molecule has 0 aliphatic heterocycles. The highest BCUT2D eigenvalue weighted by molar-refractivity contribution is 5.76. The third-order valence-corrected chi connectivity index (χ3v) is 2.47. The molecule has 0 N–H and O–H groups in total. The first-order valence-electron chi connectivity index (χ1n) is 4.91. The van der Waals surface area contributed by atoms with Gasteiger partial charge in [0, 0.05) is 18.6 Å². The van der Waals surface area contributed by atoms with E-state index in [4.69, 9.17) is 0 Å². The number of fused-ring (bicyclic) bond motifs is 1. The first-order chi connectivity index (χ1) is 7.09. The highest BCUT2D eigenvalue weighted by Crippen LogP contribution is 2.16. The molecule has 0 amide bonds. The summed E-state index contributed by atoms with van der Waals surface area (Å²) in [5.41, 5.74) is 1.46. The molecule has 0 atom stereocenters. The van der Waals surface area contributed by atoms with Crippen LogP contribution < -0.4 is 5.56 Å². The highest BCUT2D eigenvalue weighted by Gasteiger charge is 2.05. The van der Waals surface area contributed by atoms with E-state index in [0.29, 0.717) is 11.4 Å². The van der Waals surface area contributed by atoms with Gasteiger partial charge in [-0.05, 0) is 17.5 Å². The number of hydrogen-bond donors (Lipinski definition) is 0. The van der Waals surface area contributed by atoms with Crippen LogP contribution in [-0.2, 0) is 7.05 Å². The quantitative estimate of drug-likeness (QED) is 0.704. The summed E-state index contributed by atoms with van der Waals surface area (Å²) in [6.07, 6.45) is 3.43. The predicted octanol–water partition coefficient (Wildman–Crippen LogP) is 1.45. The Morgan fingerprint density at radius 2 is 2.07 bits per heavy atom. The number of aryl methyl sites for hydroxylation is 1. The van der Waals surface area contributed by atoms with Crippen molar-refractivity contribution in [2.75, 3.05) is 0 Å². The topological polar surface area (TPSA) is 47.8 Å². The van der Waals surface area contributed by atoms with E-state index in [9.17, 15) is 4.79 Å². The second-order valence-corrected chi connectivity index (χ2v) is 3.93. The van der Waals surface area contributed by atoms with Crippen molar-refractivity contribution in [2.24, 2.45) is 7.05 Å². The summed E-state index contributed by atoms with van der Waals surface area (Å²) in [6, 6.07) is 1.97. The Bertz CT molecular complexity index is 557. The molecule has 2 aromatic rings. The van der Waals surface area contributed by atoms with Crippen LogP contribution in [0.3, 0.4) is 0 Å². The van der Waals surface area contributed by atoms with Gasteiger partial charge in [0.15, 0.2) is 0 Å². The zero-order valence-corrected chi connectivity index (χ0v) is 9.06. The summed E-state index contributed by atoms with van der Waals surface area (Å²) >= 11 is 0. The maximum Gasteiger partial charge on any atom is 0.292 e. The van der Waals surface area contributed by atoms with E-state index in [1.165, 1.54) is 4.68 Å². The molecule has 78 valence electrons. The van der Waals surface area contributed by atoms with Crippen molar-refractivity contribution in [1.82, 2.24) is 14.8 Å². The average Bonchev–Trinajstić information content (AvgIpc) is 2.23. The average molecular weight is 203 g/mol. The fourth-order valence-electron chi connectivity index (χ4n) is 1.45. The third-order valence-electron chi connectivity index (χ3n) is 2.47. The molecule has 2 aromatic heterocycles. The minimum Gasteiger partial charge on any atom is -0.265 e. The van der Waals surface area contributed by atoms with Crippen LogP contribution in [0.5, 0.6) is 0 Å². The van der Waals surface area contributed by atoms with E-state index in [1.54, 1.807) is 19.4 Å². The van der Waals surface area contributed by atoms with Crippen LogP contribution in [0.15, 0.2) is 23.3 Å². The molecule has 0 unspecified atom stereocenters. The van der Waals surface area contributed by atoms with Crippen molar-refractivity contribution in [3.8, 4) is 0 Å². The van der Waals surface area contributed by atoms with Crippen molar-refractivity contribution in [1.29, 1.82) is 0 Å². The zero-order valence-electron chi connectivity index (χ0n) is 9.06. The lowest BCUT2D eigenvalue weighted by atomic mass is 10.0. The van der Waals surface area contributed by atoms with Crippen LogP contribution in [0.2, 0.25) is 0 Å². The molecular formula is C11H13N3O. The summed E-state index contributed by atoms with van der Waals surface area (Å²) in [6.45, 7) is 4.19. The SMILES string of the molecule is CC(C)c1cnc2c(=O)n(C)ncc2c1. The second-order valence-electron chi connectivity index (χ2n) is 3.93. The van der Waals surface area contributed by atoms with Crippen LogP contribution in [0.4, 0.5) is 0 Å². The summed E-state index contributed by atoms with van der Waals surface area (Å²) in [4.78, 5) is 15.8. The fraction of sp³-hybridized carbons (Fsp3) is 0.364. The molecular weight excluding hydrogens is 190 g/mol. The van der Waals surface area contributed by atoms with Gasteiger partial charge in [0.1, 0.15) is 5.52 Å². The standard InChI is InChI=1S/C11H13N3O/c1-7(2)8-4-9-6-13-14(3)11(15)10(9)12-5-8/h4-7H,1-3H3. The Morgan fingerprint density at radius 1 is 1.33 bits per heavy atom. The molecule has 0 aliphatic carbocycles. The van der Waals surface area contributed by atoms with Crippen LogP contribution in [0.1, 0.15) is 25.3 Å². The van der Waals surface area contributed by atoms with Gasteiger partial charge >= 0.3 is 0 Å². The highest BCUT2D eigenvalue weighted by atomic mass is 16.1. The molecule has 0 saturated carbocycles. The number of hydrogen-bond acceptors (Lipinski definition) is 3. The van der Waals surface area contributed by atoms with Crippen LogP contribution in [0, 0.1) is 0 Å². The van der Waals surface area contributed by atoms with Crippen molar-refractivity contribution in [3.05, 3.63) is 34.4 Å². The van der Waals surface area contributed by atoms with Gasteiger partial charge in [0.05, 0.1) is 6.20 Å². The number of aromatic nitrogens is 3. The molecule has 0 aliphatic rings. The van der Waals surface area contributed by atoms with Crippen LogP contribution in [0.25, 0.3) is 10.9 Å². The van der Waals surface area contributed by atoms with Crippen molar-refractivity contribution in [3.63, 3.8) is 0 Å². The maximum absolute atomic E-state index is 11.6. The van der Waals surface area contributed by atoms with Crippen LogP contribution >= 0.6 is 0 Å². The van der Waals surface area contributed by atoms with Gasteiger partial charge < -0.3 is 0 Å². The number of rotatable bonds is 1. The molecule has 0 aromatic carbocycles. The molecule has 0 bridgehead atoms. The number of pyridine rings is 1. The molecule has 4 nitrogen and oxygen atoms in total. The molecule has 0 spiro atoms. The first-order valence-corrected chi connectivity index (χ1v) is 4.91. The normalized spacial score (nSPS) is 11.2. The maximum atomic E-state index is 11.6. The van der Waals surface area contributed by atoms with E-state index in [0.717, 1.165) is 10.9 Å². The lowest BCUT2D eigenvalue weighted by Crippen LogP contribution is -2.20. The van der Waals surface area contributed by atoms with Gasteiger partial charge in [-0.3, -0.25) is 9.78 Å². The van der Waals surface area contributed by atoms with E-state index in [-0.39, 0.29) is 5.56 Å². The molecule has 2 heterocycles. The summed E-state index contributed by atoms with van der Waals surface area (Å²) in [5.74, 6) is 0.408. The largest absolute Gasteiger partial charge is 0.292 e. The minimum atomic E-state index is -0.150. The van der Waals surface area contributed by atoms with Gasteiger partial charge in [-0.15, -0.1) is 0 Å². The van der Waals surface area contributed by atoms with Gasteiger partial charge in [-0.25, -0.2) is 4.68 Å². The Balaban J connectivity index is 2.76. The summed E-state index contributed by atoms with van der Waals surface area (Å²) < 4.78 is 1.30. The Morgan fingerprint density at radius 3 is 2.73 bits per heavy atom. The molecule has 2 rings (SSSR count). The van der Waals surface area contributed by atoms with E-state index < -0.39 is 0 Å². The van der Waals surface area contributed by atoms with Crippen molar-refractivity contribution in [2.45, 2.75) is 19.8 Å². The zero-order chi connectivity index (χ0) is 11.0. The van der Waals surface area contributed by atoms with E-state index >= 15 is 0 Å². The monoisotopic (exact) mass is 203 g/mol. The van der Waals surface area contributed by atoms with Gasteiger partial charge in [0.25, 0.3) is 5.56 Å². The second kappa shape index (κ2) is 3.46. The molecule has 0 fully saturated rings. The van der Waals surface area contributed by atoms with E-state index in [1.807, 2.05) is 6.07 Å². The fourth-order valence-corrected chi connectivity index (χ4v) is 1.45. The lowest BCUT2D eigenvalue weighted by Gasteiger charge is -2.05. The smallest absolute Gasteiger partial charge is 0.265 e. The van der Waals surface area contributed by atoms with Crippen molar-refractivity contribution >= 4 is 10.9 Å². The molecule has 4 heteroatoms. The van der Waals surface area contributed by atoms with Crippen molar-refractivity contribution < 1.29 is 0 Å². The summed E-state index contributed by atoms with van der Waals surface area (Å²) in [5, 5.41) is 4.78.